The number of carbonyl (C=O) groups excluding carboxylic acids is 2. The third-order valence-electron chi connectivity index (χ3n) is 3.32. The Morgan fingerprint density at radius 3 is 1.39 bits per heavy atom. The van der Waals surface area contributed by atoms with E-state index in [0.717, 1.165) is 6.42 Å². The predicted molar refractivity (Wildman–Crippen MR) is 65.7 cm³/mol. The van der Waals surface area contributed by atoms with Crippen molar-refractivity contribution >= 4 is 11.9 Å². The Labute approximate surface area is 108 Å². The fourth-order valence-corrected chi connectivity index (χ4v) is 2.36. The van der Waals surface area contributed by atoms with E-state index in [9.17, 15) is 9.59 Å². The highest BCUT2D eigenvalue weighted by Crippen LogP contribution is 2.78. The average molecular weight is 254 g/mol. The molecule has 0 aliphatic heterocycles. The van der Waals surface area contributed by atoms with E-state index in [1.165, 1.54) is 0 Å². The summed E-state index contributed by atoms with van der Waals surface area (Å²) in [6.07, 6.45) is 0.943. The van der Waals surface area contributed by atoms with Crippen LogP contribution in [0.15, 0.2) is 0 Å². The number of ether oxygens (including phenoxy) is 2. The molecule has 0 aromatic heterocycles. The molecule has 0 aromatic rings. The zero-order chi connectivity index (χ0) is 13.9. The van der Waals surface area contributed by atoms with Crippen LogP contribution in [0.4, 0.5) is 0 Å². The highest BCUT2D eigenvalue weighted by Gasteiger charge is 2.86. The van der Waals surface area contributed by atoms with Crippen LogP contribution in [0.2, 0.25) is 0 Å². The molecule has 2 saturated carbocycles. The first-order valence-electron chi connectivity index (χ1n) is 6.45. The normalized spacial score (nSPS) is 28.1. The number of hydrogen-bond donors (Lipinski definition) is 0. The van der Waals surface area contributed by atoms with E-state index in [2.05, 4.69) is 0 Å². The largest absolute Gasteiger partial charge is 0.459 e. The summed E-state index contributed by atoms with van der Waals surface area (Å²) < 4.78 is 10.7. The maximum atomic E-state index is 12.2. The summed E-state index contributed by atoms with van der Waals surface area (Å²) in [6, 6.07) is 0. The topological polar surface area (TPSA) is 52.6 Å². The SMILES string of the molecule is CC(C)(C)OC(=O)C1(C(=O)OC(C)(C)C)C2CC21. The van der Waals surface area contributed by atoms with Crippen LogP contribution < -0.4 is 0 Å². The van der Waals surface area contributed by atoms with E-state index in [4.69, 9.17) is 9.47 Å². The number of rotatable bonds is 2. The molecule has 2 rings (SSSR count). The fourth-order valence-electron chi connectivity index (χ4n) is 2.36. The van der Waals surface area contributed by atoms with Crippen molar-refractivity contribution in [1.29, 1.82) is 0 Å². The van der Waals surface area contributed by atoms with Gasteiger partial charge in [-0.2, -0.15) is 0 Å². The van der Waals surface area contributed by atoms with E-state index in [0.29, 0.717) is 0 Å². The van der Waals surface area contributed by atoms with Gasteiger partial charge in [0.25, 0.3) is 0 Å². The Hall–Kier alpha value is -1.06. The molecule has 2 aliphatic carbocycles. The molecular weight excluding hydrogens is 232 g/mol. The Bertz CT molecular complexity index is 359. The summed E-state index contributed by atoms with van der Waals surface area (Å²) in [5, 5.41) is 0. The van der Waals surface area contributed by atoms with Gasteiger partial charge in [0.2, 0.25) is 0 Å². The molecule has 0 saturated heterocycles. The number of hydrogen-bond acceptors (Lipinski definition) is 4. The molecule has 0 radical (unpaired) electrons. The van der Waals surface area contributed by atoms with Crippen molar-refractivity contribution in [3.05, 3.63) is 0 Å². The molecule has 2 fully saturated rings. The molecule has 2 unspecified atom stereocenters. The second-order valence-electron chi connectivity index (χ2n) is 7.32. The fraction of sp³-hybridized carbons (Fsp3) is 0.857. The van der Waals surface area contributed by atoms with Gasteiger partial charge in [0, 0.05) is 0 Å². The molecule has 4 heteroatoms. The quantitative estimate of drug-likeness (QED) is 0.560. The lowest BCUT2D eigenvalue weighted by Gasteiger charge is -2.28. The van der Waals surface area contributed by atoms with Gasteiger partial charge in [-0.05, 0) is 59.8 Å². The number of fused-ring (bicyclic) bond motifs is 1. The summed E-state index contributed by atoms with van der Waals surface area (Å²) >= 11 is 0. The van der Waals surface area contributed by atoms with Crippen LogP contribution in [-0.4, -0.2) is 23.1 Å². The third kappa shape index (κ3) is 2.13. The number of esters is 2. The van der Waals surface area contributed by atoms with Gasteiger partial charge in [-0.3, -0.25) is 9.59 Å². The lowest BCUT2D eigenvalue weighted by molar-refractivity contribution is -0.180. The third-order valence-corrected chi connectivity index (χ3v) is 3.32. The zero-order valence-corrected chi connectivity index (χ0v) is 12.0. The molecule has 0 heterocycles. The molecule has 0 spiro atoms. The summed E-state index contributed by atoms with van der Waals surface area (Å²) in [7, 11) is 0. The lowest BCUT2D eigenvalue weighted by atomic mass is 9.94. The van der Waals surface area contributed by atoms with Crippen molar-refractivity contribution in [2.75, 3.05) is 0 Å². The smallest absolute Gasteiger partial charge is 0.324 e. The highest BCUT2D eigenvalue weighted by atomic mass is 16.6. The second kappa shape index (κ2) is 3.49. The van der Waals surface area contributed by atoms with Crippen molar-refractivity contribution < 1.29 is 19.1 Å². The van der Waals surface area contributed by atoms with Crippen molar-refractivity contribution in [2.45, 2.75) is 59.2 Å². The Morgan fingerprint density at radius 1 is 0.889 bits per heavy atom. The minimum atomic E-state index is -0.986. The minimum absolute atomic E-state index is 0.155. The molecule has 18 heavy (non-hydrogen) atoms. The van der Waals surface area contributed by atoms with Gasteiger partial charge in [-0.1, -0.05) is 0 Å². The Balaban J connectivity index is 2.09. The van der Waals surface area contributed by atoms with Crippen molar-refractivity contribution in [3.63, 3.8) is 0 Å². The first-order chi connectivity index (χ1) is 7.98. The first-order valence-corrected chi connectivity index (χ1v) is 6.45. The molecule has 2 atom stereocenters. The van der Waals surface area contributed by atoms with Crippen LogP contribution in [0, 0.1) is 17.3 Å². The van der Waals surface area contributed by atoms with E-state index in [1.54, 1.807) is 0 Å². The molecule has 0 aromatic carbocycles. The standard InChI is InChI=1S/C14H22O4/c1-12(2,3)17-10(15)14(8-7-9(8)14)11(16)18-13(4,5)6/h8-9H,7H2,1-6H3. The van der Waals surface area contributed by atoms with Crippen LogP contribution in [-0.2, 0) is 19.1 Å². The summed E-state index contributed by atoms with van der Waals surface area (Å²) in [6.45, 7) is 10.8. The van der Waals surface area contributed by atoms with Crippen LogP contribution in [0.3, 0.4) is 0 Å². The molecule has 102 valence electrons. The Morgan fingerprint density at radius 2 is 1.22 bits per heavy atom. The van der Waals surface area contributed by atoms with Crippen molar-refractivity contribution in [3.8, 4) is 0 Å². The second-order valence-corrected chi connectivity index (χ2v) is 7.32. The van der Waals surface area contributed by atoms with E-state index in [1.807, 2.05) is 41.5 Å². The number of carbonyl (C=O) groups is 2. The van der Waals surface area contributed by atoms with Crippen molar-refractivity contribution in [2.24, 2.45) is 17.3 Å². The van der Waals surface area contributed by atoms with E-state index < -0.39 is 28.6 Å². The minimum Gasteiger partial charge on any atom is -0.459 e. The van der Waals surface area contributed by atoms with Gasteiger partial charge in [-0.15, -0.1) is 0 Å². The average Bonchev–Trinajstić information content (AvgIpc) is 2.80. The zero-order valence-electron chi connectivity index (χ0n) is 12.0. The maximum absolute atomic E-state index is 12.2. The van der Waals surface area contributed by atoms with Gasteiger partial charge >= 0.3 is 11.9 Å². The van der Waals surface area contributed by atoms with E-state index in [-0.39, 0.29) is 11.8 Å². The molecule has 2 aliphatic rings. The lowest BCUT2D eigenvalue weighted by Crippen LogP contribution is -2.42. The van der Waals surface area contributed by atoms with Crippen LogP contribution in [0.5, 0.6) is 0 Å². The summed E-state index contributed by atoms with van der Waals surface area (Å²) in [5.74, 6) is -0.514. The van der Waals surface area contributed by atoms with Gasteiger partial charge < -0.3 is 9.47 Å². The van der Waals surface area contributed by atoms with Gasteiger partial charge in [0.1, 0.15) is 11.2 Å². The summed E-state index contributed by atoms with van der Waals surface area (Å²) in [5.41, 5.74) is -2.12. The highest BCUT2D eigenvalue weighted by molar-refractivity contribution is 6.06. The molecule has 0 bridgehead atoms. The van der Waals surface area contributed by atoms with Crippen LogP contribution in [0.25, 0.3) is 0 Å². The maximum Gasteiger partial charge on any atom is 0.324 e. The predicted octanol–water partition coefficient (Wildman–Crippen LogP) is 2.31. The van der Waals surface area contributed by atoms with Crippen molar-refractivity contribution in [1.82, 2.24) is 0 Å². The van der Waals surface area contributed by atoms with Crippen LogP contribution in [0.1, 0.15) is 48.0 Å². The van der Waals surface area contributed by atoms with Gasteiger partial charge in [0.05, 0.1) is 0 Å². The van der Waals surface area contributed by atoms with Gasteiger partial charge in [0.15, 0.2) is 5.41 Å². The Kier molecular flexibility index (Phi) is 2.59. The molecule has 0 N–H and O–H groups in total. The van der Waals surface area contributed by atoms with E-state index >= 15 is 0 Å². The molecule has 4 nitrogen and oxygen atoms in total. The monoisotopic (exact) mass is 254 g/mol. The molecular formula is C14H22O4. The molecule has 0 amide bonds. The summed E-state index contributed by atoms with van der Waals surface area (Å²) in [4.78, 5) is 24.4. The van der Waals surface area contributed by atoms with Crippen LogP contribution >= 0.6 is 0 Å². The van der Waals surface area contributed by atoms with Gasteiger partial charge in [-0.25, -0.2) is 0 Å². The first kappa shape index (κ1) is 13.4.